The molecule has 0 radical (unpaired) electrons. The third-order valence-corrected chi connectivity index (χ3v) is 2.52. The summed E-state index contributed by atoms with van der Waals surface area (Å²) in [7, 11) is 0. The number of rotatable bonds is 5. The zero-order valence-corrected chi connectivity index (χ0v) is 10.5. The molecule has 0 saturated carbocycles. The van der Waals surface area contributed by atoms with Crippen LogP contribution in [-0.4, -0.2) is 17.1 Å². The predicted octanol–water partition coefficient (Wildman–Crippen LogP) is 3.15. The topological polar surface area (TPSA) is 49.3 Å². The van der Waals surface area contributed by atoms with E-state index >= 15 is 0 Å². The van der Waals surface area contributed by atoms with Crippen molar-refractivity contribution < 1.29 is 9.90 Å². The first-order valence-corrected chi connectivity index (χ1v) is 5.66. The van der Waals surface area contributed by atoms with E-state index < -0.39 is 11.4 Å². The van der Waals surface area contributed by atoms with Crippen LogP contribution in [0.4, 0.5) is 5.69 Å². The van der Waals surface area contributed by atoms with Gasteiger partial charge in [0, 0.05) is 11.7 Å². The molecule has 1 atom stereocenters. The molecule has 0 aliphatic heterocycles. The van der Waals surface area contributed by atoms with Crippen molar-refractivity contribution in [1.82, 2.24) is 0 Å². The van der Waals surface area contributed by atoms with Crippen LogP contribution in [0, 0.1) is 5.41 Å². The molecule has 2 N–H and O–H groups in total. The van der Waals surface area contributed by atoms with Gasteiger partial charge in [-0.15, -0.1) is 0 Å². The maximum Gasteiger partial charge on any atom is 0.312 e. The maximum atomic E-state index is 10.9. The van der Waals surface area contributed by atoms with Crippen LogP contribution >= 0.6 is 0 Å². The van der Waals surface area contributed by atoms with Gasteiger partial charge in [-0.3, -0.25) is 4.79 Å². The molecule has 3 nitrogen and oxygen atoms in total. The first-order valence-electron chi connectivity index (χ1n) is 5.66. The summed E-state index contributed by atoms with van der Waals surface area (Å²) in [5.74, 6) is -0.819. The van der Waals surface area contributed by atoms with Crippen molar-refractivity contribution in [2.24, 2.45) is 5.41 Å². The Balaban J connectivity index is 2.59. The number of anilines is 1. The zero-order chi connectivity index (χ0) is 12.9. The highest BCUT2D eigenvalue weighted by Crippen LogP contribution is 2.17. The second-order valence-corrected chi connectivity index (χ2v) is 4.68. The average molecular weight is 233 g/mol. The first kappa shape index (κ1) is 13.3. The lowest BCUT2D eigenvalue weighted by molar-refractivity contribution is -0.144. The van der Waals surface area contributed by atoms with Crippen LogP contribution in [0.5, 0.6) is 0 Å². The molecule has 1 aromatic rings. The van der Waals surface area contributed by atoms with Crippen LogP contribution in [0.3, 0.4) is 0 Å². The molecule has 0 saturated heterocycles. The highest BCUT2D eigenvalue weighted by atomic mass is 16.4. The Labute approximate surface area is 102 Å². The molecule has 0 spiro atoms. The summed E-state index contributed by atoms with van der Waals surface area (Å²) < 4.78 is 0. The minimum atomic E-state index is -0.827. The van der Waals surface area contributed by atoms with Gasteiger partial charge in [0.15, 0.2) is 0 Å². The Hall–Kier alpha value is -1.77. The van der Waals surface area contributed by atoms with Gasteiger partial charge in [0.1, 0.15) is 0 Å². The van der Waals surface area contributed by atoms with Crippen LogP contribution < -0.4 is 5.32 Å². The predicted molar refractivity (Wildman–Crippen MR) is 70.1 cm³/mol. The van der Waals surface area contributed by atoms with Crippen molar-refractivity contribution in [3.05, 3.63) is 42.5 Å². The minimum absolute atomic E-state index is 0.0935. The molecular formula is C14H19NO2. The van der Waals surface area contributed by atoms with Crippen molar-refractivity contribution in [1.29, 1.82) is 0 Å². The standard InChI is InChI=1S/C14H19NO2/c1-11(9-10-14(2,3)13(16)17)15-12-7-5-4-6-8-12/h4-11,15H,1-3H3,(H,16,17)/b10-9+. The molecule has 0 aliphatic carbocycles. The molecule has 3 heteroatoms. The van der Waals surface area contributed by atoms with Gasteiger partial charge in [-0.05, 0) is 32.9 Å². The van der Waals surface area contributed by atoms with Gasteiger partial charge >= 0.3 is 5.97 Å². The number of benzene rings is 1. The van der Waals surface area contributed by atoms with Gasteiger partial charge in [-0.25, -0.2) is 0 Å². The van der Waals surface area contributed by atoms with E-state index in [2.05, 4.69) is 5.32 Å². The fourth-order valence-electron chi connectivity index (χ4n) is 1.30. The second-order valence-electron chi connectivity index (χ2n) is 4.68. The third-order valence-electron chi connectivity index (χ3n) is 2.52. The average Bonchev–Trinajstić information content (AvgIpc) is 2.28. The largest absolute Gasteiger partial charge is 0.481 e. The molecule has 92 valence electrons. The summed E-state index contributed by atoms with van der Waals surface area (Å²) in [4.78, 5) is 10.9. The summed E-state index contributed by atoms with van der Waals surface area (Å²) in [5.41, 5.74) is 0.199. The molecule has 0 heterocycles. The molecule has 1 rings (SSSR count). The van der Waals surface area contributed by atoms with E-state index in [1.165, 1.54) is 0 Å². The Morgan fingerprint density at radius 1 is 1.35 bits per heavy atom. The summed E-state index contributed by atoms with van der Waals surface area (Å²) in [6, 6.07) is 9.93. The van der Waals surface area contributed by atoms with E-state index in [-0.39, 0.29) is 6.04 Å². The molecule has 1 unspecified atom stereocenters. The zero-order valence-electron chi connectivity index (χ0n) is 10.5. The van der Waals surface area contributed by atoms with Gasteiger partial charge in [-0.2, -0.15) is 0 Å². The molecule has 0 amide bonds. The molecule has 1 aromatic carbocycles. The van der Waals surface area contributed by atoms with Crippen LogP contribution in [0.2, 0.25) is 0 Å². The number of hydrogen-bond acceptors (Lipinski definition) is 2. The SMILES string of the molecule is CC(/C=C/C(C)(C)C(=O)O)Nc1ccccc1. The molecule has 0 aliphatic rings. The van der Waals surface area contributed by atoms with Crippen molar-refractivity contribution in [2.75, 3.05) is 5.32 Å². The summed E-state index contributed by atoms with van der Waals surface area (Å²) >= 11 is 0. The Bertz CT molecular complexity index is 396. The van der Waals surface area contributed by atoms with Gasteiger partial charge in [0.05, 0.1) is 5.41 Å². The molecule has 17 heavy (non-hydrogen) atoms. The lowest BCUT2D eigenvalue weighted by Gasteiger charge is -2.16. The van der Waals surface area contributed by atoms with E-state index in [1.807, 2.05) is 43.3 Å². The fraction of sp³-hybridized carbons (Fsp3) is 0.357. The molecule has 0 bridgehead atoms. The fourth-order valence-corrected chi connectivity index (χ4v) is 1.30. The molecule has 0 fully saturated rings. The van der Waals surface area contributed by atoms with Crippen LogP contribution in [-0.2, 0) is 4.79 Å². The number of para-hydroxylation sites is 1. The van der Waals surface area contributed by atoms with E-state index in [4.69, 9.17) is 5.11 Å². The van der Waals surface area contributed by atoms with Crippen LogP contribution in [0.1, 0.15) is 20.8 Å². The van der Waals surface area contributed by atoms with Gasteiger partial charge < -0.3 is 10.4 Å². The van der Waals surface area contributed by atoms with Gasteiger partial charge in [-0.1, -0.05) is 30.4 Å². The Kier molecular flexibility index (Phi) is 4.32. The Morgan fingerprint density at radius 3 is 2.47 bits per heavy atom. The number of carboxylic acids is 1. The number of carbonyl (C=O) groups is 1. The van der Waals surface area contributed by atoms with E-state index in [0.717, 1.165) is 5.69 Å². The van der Waals surface area contributed by atoms with Crippen molar-refractivity contribution in [2.45, 2.75) is 26.8 Å². The quantitative estimate of drug-likeness (QED) is 0.768. The van der Waals surface area contributed by atoms with E-state index in [9.17, 15) is 4.79 Å². The number of nitrogens with one attached hydrogen (secondary N) is 1. The van der Waals surface area contributed by atoms with Crippen molar-refractivity contribution in [3.63, 3.8) is 0 Å². The van der Waals surface area contributed by atoms with E-state index in [1.54, 1.807) is 19.9 Å². The third kappa shape index (κ3) is 4.31. The number of hydrogen-bond donors (Lipinski definition) is 2. The maximum absolute atomic E-state index is 10.9. The summed E-state index contributed by atoms with van der Waals surface area (Å²) in [5, 5.41) is 12.2. The lowest BCUT2D eigenvalue weighted by atomic mass is 9.93. The first-order chi connectivity index (χ1) is 7.92. The number of aliphatic carboxylic acids is 1. The van der Waals surface area contributed by atoms with Crippen LogP contribution in [0.15, 0.2) is 42.5 Å². The second kappa shape index (κ2) is 5.53. The van der Waals surface area contributed by atoms with Crippen molar-refractivity contribution in [3.8, 4) is 0 Å². The Morgan fingerprint density at radius 2 is 1.94 bits per heavy atom. The molecular weight excluding hydrogens is 214 g/mol. The smallest absolute Gasteiger partial charge is 0.312 e. The van der Waals surface area contributed by atoms with Gasteiger partial charge in [0.25, 0.3) is 0 Å². The molecule has 0 aromatic heterocycles. The lowest BCUT2D eigenvalue weighted by Crippen LogP contribution is -2.22. The van der Waals surface area contributed by atoms with Gasteiger partial charge in [0.2, 0.25) is 0 Å². The summed E-state index contributed by atoms with van der Waals surface area (Å²) in [6.07, 6.45) is 3.59. The summed E-state index contributed by atoms with van der Waals surface area (Å²) in [6.45, 7) is 5.35. The number of carboxylic acid groups (broad SMARTS) is 1. The highest BCUT2D eigenvalue weighted by molar-refractivity contribution is 5.75. The van der Waals surface area contributed by atoms with E-state index in [0.29, 0.717) is 0 Å². The highest BCUT2D eigenvalue weighted by Gasteiger charge is 2.23. The normalized spacial score (nSPS) is 13.6. The van der Waals surface area contributed by atoms with Crippen molar-refractivity contribution >= 4 is 11.7 Å². The minimum Gasteiger partial charge on any atom is -0.481 e. The monoisotopic (exact) mass is 233 g/mol. The van der Waals surface area contributed by atoms with Crippen LogP contribution in [0.25, 0.3) is 0 Å².